The van der Waals surface area contributed by atoms with Crippen molar-refractivity contribution >= 4 is 27.9 Å². The van der Waals surface area contributed by atoms with Gasteiger partial charge in [0.2, 0.25) is 0 Å². The third kappa shape index (κ3) is 2.68. The molecular formula is C11H9NO7S. The Balaban J connectivity index is 2.31. The van der Waals surface area contributed by atoms with Gasteiger partial charge in [0.25, 0.3) is 21.9 Å². The second-order valence-electron chi connectivity index (χ2n) is 3.93. The summed E-state index contributed by atoms with van der Waals surface area (Å²) in [5.41, 5.74) is -0.470. The van der Waals surface area contributed by atoms with Crippen LogP contribution in [-0.4, -0.2) is 35.8 Å². The van der Waals surface area contributed by atoms with Crippen LogP contribution in [0.1, 0.15) is 23.2 Å². The van der Waals surface area contributed by atoms with Crippen LogP contribution in [0.15, 0.2) is 29.2 Å². The van der Waals surface area contributed by atoms with Crippen molar-refractivity contribution in [2.45, 2.75) is 17.7 Å². The Morgan fingerprint density at radius 3 is 2.25 bits per heavy atom. The van der Waals surface area contributed by atoms with Gasteiger partial charge in [0.15, 0.2) is 0 Å². The van der Waals surface area contributed by atoms with Crippen LogP contribution in [0.5, 0.6) is 0 Å². The predicted octanol–water partition coefficient (Wildman–Crippen LogP) is 0.154. The molecule has 0 radical (unpaired) electrons. The van der Waals surface area contributed by atoms with E-state index in [1.165, 1.54) is 12.1 Å². The first-order valence-corrected chi connectivity index (χ1v) is 6.89. The molecule has 1 aromatic carbocycles. The summed E-state index contributed by atoms with van der Waals surface area (Å²) in [6.07, 6.45) is -0.155. The highest BCUT2D eigenvalue weighted by Gasteiger charge is 2.34. The summed E-state index contributed by atoms with van der Waals surface area (Å²) in [6, 6.07) is 4.74. The molecule has 1 fully saturated rings. The minimum Gasteiger partial charge on any atom is -0.325 e. The van der Waals surface area contributed by atoms with E-state index in [4.69, 9.17) is 4.55 Å². The van der Waals surface area contributed by atoms with Gasteiger partial charge in [-0.15, -0.1) is 5.06 Å². The van der Waals surface area contributed by atoms with Gasteiger partial charge in [-0.25, -0.2) is 4.79 Å². The number of imide groups is 1. The molecule has 8 nitrogen and oxygen atoms in total. The second-order valence-corrected chi connectivity index (χ2v) is 5.32. The largest absolute Gasteiger partial charge is 0.365 e. The fraction of sp³-hybridized carbons (Fsp3) is 0.182. The number of carbonyl (C=O) groups is 3. The lowest BCUT2D eigenvalue weighted by Gasteiger charge is -2.13. The molecule has 1 N–H and O–H groups in total. The van der Waals surface area contributed by atoms with Gasteiger partial charge in [-0.05, 0) is 12.1 Å². The maximum absolute atomic E-state index is 11.8. The van der Waals surface area contributed by atoms with Crippen molar-refractivity contribution in [3.8, 4) is 0 Å². The van der Waals surface area contributed by atoms with Crippen molar-refractivity contribution in [2.75, 3.05) is 0 Å². The van der Waals surface area contributed by atoms with Crippen molar-refractivity contribution in [3.05, 3.63) is 29.8 Å². The normalized spacial score (nSPS) is 15.6. The topological polar surface area (TPSA) is 118 Å². The molecule has 0 aliphatic carbocycles. The second kappa shape index (κ2) is 5.02. The number of hydrogen-bond acceptors (Lipinski definition) is 6. The minimum absolute atomic E-state index is 0.0773. The van der Waals surface area contributed by atoms with Crippen molar-refractivity contribution in [1.82, 2.24) is 5.06 Å². The van der Waals surface area contributed by atoms with Gasteiger partial charge in [-0.2, -0.15) is 8.42 Å². The van der Waals surface area contributed by atoms with Gasteiger partial charge >= 0.3 is 5.97 Å². The van der Waals surface area contributed by atoms with Gasteiger partial charge < -0.3 is 4.84 Å². The van der Waals surface area contributed by atoms with E-state index in [0.717, 1.165) is 12.1 Å². The molecule has 1 aromatic rings. The lowest BCUT2D eigenvalue weighted by Crippen LogP contribution is -2.32. The molecule has 9 heteroatoms. The Bertz CT molecular complexity index is 678. The van der Waals surface area contributed by atoms with Crippen LogP contribution >= 0.6 is 0 Å². The smallest absolute Gasteiger partial charge is 0.325 e. The van der Waals surface area contributed by atoms with Crippen LogP contribution in [0.4, 0.5) is 0 Å². The molecule has 0 saturated carbocycles. The first kappa shape index (κ1) is 14.2. The van der Waals surface area contributed by atoms with Crippen LogP contribution in [0, 0.1) is 0 Å². The first-order chi connectivity index (χ1) is 9.30. The maximum atomic E-state index is 11.8. The molecule has 0 bridgehead atoms. The van der Waals surface area contributed by atoms with Gasteiger partial charge in [-0.1, -0.05) is 12.1 Å². The quantitative estimate of drug-likeness (QED) is 0.623. The maximum Gasteiger partial charge on any atom is 0.365 e. The number of carbonyl (C=O) groups excluding carboxylic acids is 3. The van der Waals surface area contributed by atoms with Crippen molar-refractivity contribution in [1.29, 1.82) is 0 Å². The van der Waals surface area contributed by atoms with E-state index >= 15 is 0 Å². The van der Waals surface area contributed by atoms with Crippen molar-refractivity contribution < 1.29 is 32.2 Å². The minimum atomic E-state index is -4.63. The molecule has 1 aliphatic rings. The van der Waals surface area contributed by atoms with Gasteiger partial charge in [0.05, 0.1) is 5.56 Å². The average molecular weight is 299 g/mol. The molecule has 2 rings (SSSR count). The molecule has 2 amide bonds. The van der Waals surface area contributed by atoms with E-state index in [1.807, 2.05) is 0 Å². The van der Waals surface area contributed by atoms with E-state index in [1.54, 1.807) is 0 Å². The van der Waals surface area contributed by atoms with Gasteiger partial charge in [0.1, 0.15) is 4.90 Å². The monoisotopic (exact) mass is 299 g/mol. The van der Waals surface area contributed by atoms with E-state index < -0.39 is 38.4 Å². The predicted molar refractivity (Wildman–Crippen MR) is 62.8 cm³/mol. The number of hydrogen-bond donors (Lipinski definition) is 1. The molecule has 1 aliphatic heterocycles. The molecular weight excluding hydrogens is 290 g/mol. The standard InChI is InChI=1S/C11H9NO7S/c13-9-5-6-10(14)12(9)19-11(15)7-3-1-2-4-8(7)20(16,17)18/h1-4H,5-6H2,(H,16,17,18). The number of hydroxylamine groups is 2. The highest BCUT2D eigenvalue weighted by Crippen LogP contribution is 2.19. The molecule has 20 heavy (non-hydrogen) atoms. The molecule has 1 heterocycles. The summed E-state index contributed by atoms with van der Waals surface area (Å²) in [5, 5.41) is 0.295. The lowest BCUT2D eigenvalue weighted by atomic mass is 10.2. The third-order valence-corrected chi connectivity index (χ3v) is 3.48. The molecule has 0 unspecified atom stereocenters. The molecule has 0 atom stereocenters. The Morgan fingerprint density at radius 2 is 1.70 bits per heavy atom. The Hall–Kier alpha value is -2.26. The van der Waals surface area contributed by atoms with Crippen LogP contribution in [0.2, 0.25) is 0 Å². The fourth-order valence-corrected chi connectivity index (χ4v) is 2.33. The Labute approximate surface area is 113 Å². The number of rotatable bonds is 3. The highest BCUT2D eigenvalue weighted by atomic mass is 32.2. The van der Waals surface area contributed by atoms with E-state index in [9.17, 15) is 22.8 Å². The molecule has 106 valence electrons. The summed E-state index contributed by atoms with van der Waals surface area (Å²) in [6.45, 7) is 0. The van der Waals surface area contributed by atoms with Crippen LogP contribution < -0.4 is 0 Å². The third-order valence-electron chi connectivity index (χ3n) is 2.56. The zero-order chi connectivity index (χ0) is 14.9. The fourth-order valence-electron chi connectivity index (χ4n) is 1.65. The lowest BCUT2D eigenvalue weighted by molar-refractivity contribution is -0.172. The van der Waals surface area contributed by atoms with Gasteiger partial charge in [-0.3, -0.25) is 14.1 Å². The SMILES string of the molecule is O=C(ON1C(=O)CCC1=O)c1ccccc1S(=O)(=O)O. The van der Waals surface area contributed by atoms with Crippen molar-refractivity contribution in [2.24, 2.45) is 0 Å². The van der Waals surface area contributed by atoms with Crippen LogP contribution in [0.3, 0.4) is 0 Å². The summed E-state index contributed by atoms with van der Waals surface area (Å²) in [4.78, 5) is 38.3. The van der Waals surface area contributed by atoms with Crippen LogP contribution in [-0.2, 0) is 24.5 Å². The summed E-state index contributed by atoms with van der Waals surface area (Å²) in [7, 11) is -4.63. The number of amides is 2. The van der Waals surface area contributed by atoms with E-state index in [2.05, 4.69) is 4.84 Å². The molecule has 0 aromatic heterocycles. The van der Waals surface area contributed by atoms with Crippen molar-refractivity contribution in [3.63, 3.8) is 0 Å². The van der Waals surface area contributed by atoms with E-state index in [0.29, 0.717) is 5.06 Å². The average Bonchev–Trinajstić information content (AvgIpc) is 2.69. The highest BCUT2D eigenvalue weighted by molar-refractivity contribution is 7.86. The summed E-state index contributed by atoms with van der Waals surface area (Å²) < 4.78 is 31.2. The molecule has 0 spiro atoms. The molecule has 1 saturated heterocycles. The number of benzene rings is 1. The Kier molecular flexibility index (Phi) is 3.55. The zero-order valence-corrected chi connectivity index (χ0v) is 10.8. The van der Waals surface area contributed by atoms with E-state index in [-0.39, 0.29) is 12.8 Å². The number of nitrogens with zero attached hydrogens (tertiary/aromatic N) is 1. The van der Waals surface area contributed by atoms with Crippen LogP contribution in [0.25, 0.3) is 0 Å². The van der Waals surface area contributed by atoms with Gasteiger partial charge in [0, 0.05) is 12.8 Å². The zero-order valence-electron chi connectivity index (χ0n) is 9.98. The summed E-state index contributed by atoms with van der Waals surface area (Å²) in [5.74, 6) is -2.60. The Morgan fingerprint density at radius 1 is 1.15 bits per heavy atom. The summed E-state index contributed by atoms with van der Waals surface area (Å²) >= 11 is 0. The first-order valence-electron chi connectivity index (χ1n) is 5.45.